The molecule has 1 rings (SSSR count). The molecular formula is C9H10O3. The molecule has 1 aliphatic heterocycles. The summed E-state index contributed by atoms with van der Waals surface area (Å²) >= 11 is 0. The lowest BCUT2D eigenvalue weighted by Gasteiger charge is -1.80. The van der Waals surface area contributed by atoms with E-state index in [4.69, 9.17) is 0 Å². The topological polar surface area (TPSA) is 43.4 Å². The Morgan fingerprint density at radius 1 is 1.33 bits per heavy atom. The molecule has 0 unspecified atom stereocenters. The van der Waals surface area contributed by atoms with Crippen LogP contribution in [0.25, 0.3) is 0 Å². The summed E-state index contributed by atoms with van der Waals surface area (Å²) in [7, 11) is 0. The van der Waals surface area contributed by atoms with E-state index >= 15 is 0 Å². The molecule has 0 bridgehead atoms. The van der Waals surface area contributed by atoms with Crippen LogP contribution in [-0.2, 0) is 14.3 Å². The van der Waals surface area contributed by atoms with Gasteiger partial charge in [-0.3, -0.25) is 0 Å². The normalized spacial score (nSPS) is 14.1. The van der Waals surface area contributed by atoms with E-state index in [-0.39, 0.29) is 0 Å². The van der Waals surface area contributed by atoms with E-state index in [2.05, 4.69) is 11.3 Å². The fraction of sp³-hybridized carbons (Fsp3) is 0.111. The van der Waals surface area contributed by atoms with E-state index in [1.807, 2.05) is 19.1 Å². The molecule has 0 aliphatic carbocycles. The van der Waals surface area contributed by atoms with E-state index in [1.54, 1.807) is 6.08 Å². The van der Waals surface area contributed by atoms with Crippen molar-refractivity contribution in [2.45, 2.75) is 6.92 Å². The number of carbonyl (C=O) groups excluding carboxylic acids is 2. The number of ether oxygens (including phenoxy) is 1. The first kappa shape index (κ1) is 10.4. The van der Waals surface area contributed by atoms with Crippen LogP contribution in [0.2, 0.25) is 0 Å². The minimum absolute atomic E-state index is 0.579. The summed E-state index contributed by atoms with van der Waals surface area (Å²) in [4.78, 5) is 19.8. The van der Waals surface area contributed by atoms with Gasteiger partial charge in [-0.05, 0) is 6.92 Å². The Labute approximate surface area is 71.0 Å². The van der Waals surface area contributed by atoms with Gasteiger partial charge in [-0.15, -0.1) is 0 Å². The zero-order valence-corrected chi connectivity index (χ0v) is 6.82. The Morgan fingerprint density at radius 3 is 1.92 bits per heavy atom. The second-order valence-corrected chi connectivity index (χ2v) is 1.83. The largest absolute Gasteiger partial charge is 0.387 e. The average Bonchev–Trinajstić information content (AvgIpc) is 2.38. The Bertz CT molecular complexity index is 220. The monoisotopic (exact) mass is 166 g/mol. The molecule has 64 valence electrons. The van der Waals surface area contributed by atoms with Gasteiger partial charge in [0.1, 0.15) is 0 Å². The number of carbonyl (C=O) groups is 2. The number of cyclic esters (lactones) is 2. The van der Waals surface area contributed by atoms with Crippen molar-refractivity contribution < 1.29 is 14.3 Å². The summed E-state index contributed by atoms with van der Waals surface area (Å²) in [5.74, 6) is -1.16. The van der Waals surface area contributed by atoms with E-state index in [9.17, 15) is 9.59 Å². The molecule has 0 N–H and O–H groups in total. The molecule has 0 aromatic heterocycles. The smallest absolute Gasteiger partial charge is 0.338 e. The quantitative estimate of drug-likeness (QED) is 0.335. The highest BCUT2D eigenvalue weighted by molar-refractivity contribution is 6.04. The molecule has 0 fully saturated rings. The fourth-order valence-electron chi connectivity index (χ4n) is 0.439. The molecule has 3 nitrogen and oxygen atoms in total. The molecule has 0 aromatic carbocycles. The van der Waals surface area contributed by atoms with Gasteiger partial charge >= 0.3 is 11.9 Å². The first-order chi connectivity index (χ1) is 5.70. The zero-order valence-electron chi connectivity index (χ0n) is 6.82. The molecule has 3 heteroatoms. The number of rotatable bonds is 1. The highest BCUT2D eigenvalue weighted by Gasteiger charge is 2.10. The summed E-state index contributed by atoms with van der Waals surface area (Å²) in [6, 6.07) is 0. The van der Waals surface area contributed by atoms with Crippen molar-refractivity contribution in [3.8, 4) is 0 Å². The van der Waals surface area contributed by atoms with Crippen LogP contribution < -0.4 is 0 Å². The van der Waals surface area contributed by atoms with Gasteiger partial charge in [0.25, 0.3) is 0 Å². The second-order valence-electron chi connectivity index (χ2n) is 1.83. The van der Waals surface area contributed by atoms with Crippen molar-refractivity contribution in [3.05, 3.63) is 37.0 Å². The third kappa shape index (κ3) is 5.17. The average molecular weight is 166 g/mol. The molecule has 0 amide bonds. The van der Waals surface area contributed by atoms with Crippen molar-refractivity contribution in [2.24, 2.45) is 0 Å². The van der Waals surface area contributed by atoms with Gasteiger partial charge < -0.3 is 4.74 Å². The minimum atomic E-state index is -0.579. The van der Waals surface area contributed by atoms with Crippen LogP contribution in [0, 0.1) is 0 Å². The van der Waals surface area contributed by atoms with Crippen molar-refractivity contribution in [1.82, 2.24) is 0 Å². The Morgan fingerprint density at radius 2 is 1.83 bits per heavy atom. The molecule has 0 saturated carbocycles. The van der Waals surface area contributed by atoms with Crippen molar-refractivity contribution >= 4 is 11.9 Å². The third-order valence-electron chi connectivity index (χ3n) is 0.885. The predicted molar refractivity (Wildman–Crippen MR) is 45.3 cm³/mol. The summed E-state index contributed by atoms with van der Waals surface area (Å²) in [5, 5.41) is 0. The Hall–Kier alpha value is -1.64. The Kier molecular flexibility index (Phi) is 5.26. The Balaban J connectivity index is 0.000000217. The fourth-order valence-corrected chi connectivity index (χ4v) is 0.439. The summed E-state index contributed by atoms with van der Waals surface area (Å²) in [5.41, 5.74) is 0. The zero-order chi connectivity index (χ0) is 9.40. The van der Waals surface area contributed by atoms with Crippen molar-refractivity contribution in [3.63, 3.8) is 0 Å². The molecule has 1 aliphatic rings. The maximum Gasteiger partial charge on any atom is 0.338 e. The molecule has 1 heterocycles. The lowest BCUT2D eigenvalue weighted by molar-refractivity contribution is -0.150. The third-order valence-corrected chi connectivity index (χ3v) is 0.885. The minimum Gasteiger partial charge on any atom is -0.387 e. The number of hydrogen-bond acceptors (Lipinski definition) is 3. The second kappa shape index (κ2) is 6.09. The summed E-state index contributed by atoms with van der Waals surface area (Å²) in [6.07, 6.45) is 7.75. The number of esters is 2. The van der Waals surface area contributed by atoms with E-state index < -0.39 is 11.9 Å². The van der Waals surface area contributed by atoms with Gasteiger partial charge in [0.2, 0.25) is 0 Å². The maximum absolute atomic E-state index is 9.92. The van der Waals surface area contributed by atoms with E-state index in [1.165, 1.54) is 0 Å². The van der Waals surface area contributed by atoms with Crippen LogP contribution in [0.3, 0.4) is 0 Å². The SMILES string of the molecule is C=C/C=C/C.O=C1C=CC(=O)O1. The van der Waals surface area contributed by atoms with Crippen LogP contribution >= 0.6 is 0 Å². The predicted octanol–water partition coefficient (Wildman–Crippen LogP) is 1.37. The van der Waals surface area contributed by atoms with Gasteiger partial charge in [-0.25, -0.2) is 9.59 Å². The molecule has 12 heavy (non-hydrogen) atoms. The van der Waals surface area contributed by atoms with Gasteiger partial charge in [0, 0.05) is 12.2 Å². The number of hydrogen-bond donors (Lipinski definition) is 0. The standard InChI is InChI=1S/C5H8.C4H2O3/c1-3-5-4-2;5-3-1-2-4(6)7-3/h3-5H,1H2,2H3;1-2H/b5-4+;. The van der Waals surface area contributed by atoms with Gasteiger partial charge in [-0.2, -0.15) is 0 Å². The van der Waals surface area contributed by atoms with Crippen LogP contribution in [0.4, 0.5) is 0 Å². The van der Waals surface area contributed by atoms with E-state index in [0.29, 0.717) is 0 Å². The lowest BCUT2D eigenvalue weighted by atomic mass is 10.5. The van der Waals surface area contributed by atoms with Crippen molar-refractivity contribution in [2.75, 3.05) is 0 Å². The van der Waals surface area contributed by atoms with Gasteiger partial charge in [0.05, 0.1) is 0 Å². The van der Waals surface area contributed by atoms with Crippen LogP contribution in [0.1, 0.15) is 6.92 Å². The highest BCUT2D eigenvalue weighted by atomic mass is 16.6. The molecular weight excluding hydrogens is 156 g/mol. The maximum atomic E-state index is 9.92. The van der Waals surface area contributed by atoms with Gasteiger partial charge in [-0.1, -0.05) is 24.8 Å². The van der Waals surface area contributed by atoms with Gasteiger partial charge in [0.15, 0.2) is 0 Å². The number of allylic oxidation sites excluding steroid dienone is 3. The van der Waals surface area contributed by atoms with Crippen LogP contribution in [0.5, 0.6) is 0 Å². The van der Waals surface area contributed by atoms with E-state index in [0.717, 1.165) is 12.2 Å². The molecule has 0 aromatic rings. The molecule has 0 atom stereocenters. The van der Waals surface area contributed by atoms with Crippen LogP contribution in [0.15, 0.2) is 37.0 Å². The lowest BCUT2D eigenvalue weighted by Crippen LogP contribution is -1.96. The van der Waals surface area contributed by atoms with Crippen molar-refractivity contribution in [1.29, 1.82) is 0 Å². The van der Waals surface area contributed by atoms with Crippen LogP contribution in [-0.4, -0.2) is 11.9 Å². The molecule has 0 spiro atoms. The summed E-state index contributed by atoms with van der Waals surface area (Å²) in [6.45, 7) is 5.42. The first-order valence-corrected chi connectivity index (χ1v) is 3.38. The summed E-state index contributed by atoms with van der Waals surface area (Å²) < 4.78 is 3.97. The molecule has 0 radical (unpaired) electrons. The highest BCUT2D eigenvalue weighted by Crippen LogP contribution is 1.92. The molecule has 0 saturated heterocycles. The first-order valence-electron chi connectivity index (χ1n) is 3.38.